The van der Waals surface area contributed by atoms with Gasteiger partial charge >= 0.3 is 0 Å². The van der Waals surface area contributed by atoms with Crippen LogP contribution in [0.15, 0.2) is 51.0 Å². The molecular weight excluding hydrogens is 470 g/mol. The van der Waals surface area contributed by atoms with Gasteiger partial charge in [-0.2, -0.15) is 11.3 Å². The molecule has 0 aliphatic carbocycles. The molecule has 0 unspecified atom stereocenters. The fraction of sp³-hybridized carbons (Fsp3) is 0.227. The number of aromatic nitrogens is 2. The van der Waals surface area contributed by atoms with Gasteiger partial charge in [-0.05, 0) is 66.1 Å². The number of amides is 1. The molecule has 0 atom stereocenters. The summed E-state index contributed by atoms with van der Waals surface area (Å²) in [4.78, 5) is 34.4. The number of thioether (sulfide) groups is 1. The normalized spacial score (nSPS) is 11.2. The average molecular weight is 490 g/mol. The molecule has 1 aromatic carbocycles. The van der Waals surface area contributed by atoms with E-state index in [4.69, 9.17) is 16.6 Å². The Bertz CT molecular complexity index is 1290. The molecule has 0 aliphatic rings. The van der Waals surface area contributed by atoms with Crippen molar-refractivity contribution in [3.8, 4) is 5.69 Å². The third kappa shape index (κ3) is 4.57. The van der Waals surface area contributed by atoms with Gasteiger partial charge in [-0.3, -0.25) is 14.2 Å². The van der Waals surface area contributed by atoms with Gasteiger partial charge in [0.15, 0.2) is 5.16 Å². The van der Waals surface area contributed by atoms with Crippen LogP contribution in [0.1, 0.15) is 16.0 Å². The number of benzene rings is 1. The number of carbonyl (C=O) groups excluding carboxylic acids is 1. The van der Waals surface area contributed by atoms with E-state index in [1.165, 1.54) is 23.1 Å². The maximum Gasteiger partial charge on any atom is 0.267 e. The molecule has 3 aromatic heterocycles. The number of aryl methyl sites for hydroxylation is 2. The first-order valence-electron chi connectivity index (χ1n) is 9.51. The van der Waals surface area contributed by atoms with Crippen LogP contribution in [-0.4, -0.2) is 33.2 Å². The van der Waals surface area contributed by atoms with Crippen LogP contribution in [0.3, 0.4) is 0 Å². The molecule has 0 spiro atoms. The van der Waals surface area contributed by atoms with Gasteiger partial charge < -0.3 is 4.90 Å². The topological polar surface area (TPSA) is 55.2 Å². The molecule has 0 aliphatic heterocycles. The molecule has 1 amide bonds. The zero-order valence-corrected chi connectivity index (χ0v) is 20.4. The third-order valence-corrected chi connectivity index (χ3v) is 8.02. The number of thiophene rings is 2. The fourth-order valence-corrected chi connectivity index (χ4v) is 5.98. The minimum Gasteiger partial charge on any atom is -0.341 e. The van der Waals surface area contributed by atoms with E-state index in [0.717, 1.165) is 16.0 Å². The quantitative estimate of drug-likeness (QED) is 0.264. The summed E-state index contributed by atoms with van der Waals surface area (Å²) < 4.78 is 1.58. The van der Waals surface area contributed by atoms with Crippen molar-refractivity contribution in [2.24, 2.45) is 0 Å². The largest absolute Gasteiger partial charge is 0.341 e. The van der Waals surface area contributed by atoms with Gasteiger partial charge in [-0.15, -0.1) is 11.3 Å². The summed E-state index contributed by atoms with van der Waals surface area (Å²) in [5.41, 5.74) is 2.60. The maximum atomic E-state index is 13.4. The number of hydrogen-bond donors (Lipinski definition) is 0. The molecule has 5 nitrogen and oxygen atoms in total. The van der Waals surface area contributed by atoms with Crippen LogP contribution >= 0.6 is 46.0 Å². The summed E-state index contributed by atoms with van der Waals surface area (Å²) in [5, 5.41) is 5.75. The van der Waals surface area contributed by atoms with Gasteiger partial charge in [0.2, 0.25) is 5.91 Å². The highest BCUT2D eigenvalue weighted by Gasteiger charge is 2.19. The number of fused-ring (bicyclic) bond motifs is 1. The lowest BCUT2D eigenvalue weighted by molar-refractivity contribution is -0.127. The maximum absolute atomic E-state index is 13.4. The molecule has 31 heavy (non-hydrogen) atoms. The number of hydrogen-bond acceptors (Lipinski definition) is 6. The molecule has 4 aromatic rings. The Morgan fingerprint density at radius 3 is 2.65 bits per heavy atom. The van der Waals surface area contributed by atoms with E-state index in [1.54, 1.807) is 52.1 Å². The molecule has 0 bridgehead atoms. The van der Waals surface area contributed by atoms with Crippen molar-refractivity contribution in [1.82, 2.24) is 14.5 Å². The van der Waals surface area contributed by atoms with Crippen molar-refractivity contribution >= 4 is 62.2 Å². The summed E-state index contributed by atoms with van der Waals surface area (Å²) in [6.07, 6.45) is 0. The van der Waals surface area contributed by atoms with Crippen molar-refractivity contribution in [2.45, 2.75) is 25.5 Å². The van der Waals surface area contributed by atoms with Crippen LogP contribution in [0, 0.1) is 13.8 Å². The van der Waals surface area contributed by atoms with Crippen LogP contribution in [-0.2, 0) is 11.3 Å². The van der Waals surface area contributed by atoms with Crippen molar-refractivity contribution in [3.05, 3.63) is 72.5 Å². The minimum absolute atomic E-state index is 0.0215. The third-order valence-electron chi connectivity index (χ3n) is 5.01. The lowest BCUT2D eigenvalue weighted by atomic mass is 10.2. The molecule has 0 N–H and O–H groups in total. The van der Waals surface area contributed by atoms with E-state index < -0.39 is 0 Å². The average Bonchev–Trinajstić information content (AvgIpc) is 3.35. The van der Waals surface area contributed by atoms with Crippen LogP contribution in [0.5, 0.6) is 0 Å². The lowest BCUT2D eigenvalue weighted by Gasteiger charge is -2.17. The molecular formula is C22H20ClN3O2S3. The molecule has 160 valence electrons. The van der Waals surface area contributed by atoms with Gasteiger partial charge in [0.05, 0.1) is 16.8 Å². The molecule has 0 radical (unpaired) electrons. The first-order valence-corrected chi connectivity index (χ1v) is 12.6. The number of halogens is 1. The highest BCUT2D eigenvalue weighted by molar-refractivity contribution is 7.99. The second-order valence-corrected chi connectivity index (χ2v) is 10.5. The molecule has 0 saturated carbocycles. The predicted molar refractivity (Wildman–Crippen MR) is 131 cm³/mol. The van der Waals surface area contributed by atoms with E-state index in [9.17, 15) is 9.59 Å². The smallest absolute Gasteiger partial charge is 0.267 e. The molecule has 0 saturated heterocycles. The van der Waals surface area contributed by atoms with E-state index in [0.29, 0.717) is 32.6 Å². The Kier molecular flexibility index (Phi) is 6.52. The van der Waals surface area contributed by atoms with Crippen LogP contribution < -0.4 is 5.56 Å². The lowest BCUT2D eigenvalue weighted by Crippen LogP contribution is -2.28. The predicted octanol–water partition coefficient (Wildman–Crippen LogP) is 5.53. The van der Waals surface area contributed by atoms with Gasteiger partial charge in [0.25, 0.3) is 5.56 Å². The highest BCUT2D eigenvalue weighted by atomic mass is 35.5. The van der Waals surface area contributed by atoms with Gasteiger partial charge in [0, 0.05) is 23.5 Å². The number of carbonyl (C=O) groups is 1. The van der Waals surface area contributed by atoms with Gasteiger partial charge in [0.1, 0.15) is 4.83 Å². The second kappa shape index (κ2) is 9.16. The van der Waals surface area contributed by atoms with E-state index in [-0.39, 0.29) is 17.2 Å². The first kappa shape index (κ1) is 22.1. The zero-order chi connectivity index (χ0) is 22.1. The monoisotopic (exact) mass is 489 g/mol. The summed E-state index contributed by atoms with van der Waals surface area (Å²) >= 11 is 10.4. The van der Waals surface area contributed by atoms with Crippen LogP contribution in [0.4, 0.5) is 0 Å². The Morgan fingerprint density at radius 2 is 1.97 bits per heavy atom. The summed E-state index contributed by atoms with van der Waals surface area (Å²) in [6.45, 7) is 4.49. The SMILES string of the molecule is Cc1sc2nc(SCC(=O)N(C)Cc3ccsc3)n(-c3ccc(Cl)cc3)c(=O)c2c1C. The van der Waals surface area contributed by atoms with Crippen LogP contribution in [0.2, 0.25) is 5.02 Å². The second-order valence-electron chi connectivity index (χ2n) is 7.14. The number of nitrogens with zero attached hydrogens (tertiary/aromatic N) is 3. The Hall–Kier alpha value is -2.13. The standard InChI is InChI=1S/C22H20ClN3O2S3/c1-13-14(2)31-20-19(13)21(28)26(17-6-4-16(23)5-7-17)22(24-20)30-12-18(27)25(3)10-15-8-9-29-11-15/h4-9,11H,10,12H2,1-3H3. The van der Waals surface area contributed by atoms with Gasteiger partial charge in [-0.25, -0.2) is 4.98 Å². The zero-order valence-electron chi connectivity index (χ0n) is 17.2. The molecule has 3 heterocycles. The summed E-state index contributed by atoms with van der Waals surface area (Å²) in [5.74, 6) is 0.168. The Morgan fingerprint density at radius 1 is 1.23 bits per heavy atom. The first-order chi connectivity index (χ1) is 14.8. The Balaban J connectivity index is 1.69. The van der Waals surface area contributed by atoms with Crippen molar-refractivity contribution in [1.29, 1.82) is 0 Å². The van der Waals surface area contributed by atoms with Crippen LogP contribution in [0.25, 0.3) is 15.9 Å². The fourth-order valence-electron chi connectivity index (χ4n) is 3.17. The summed E-state index contributed by atoms with van der Waals surface area (Å²) in [7, 11) is 1.79. The molecule has 9 heteroatoms. The molecule has 4 rings (SSSR count). The summed E-state index contributed by atoms with van der Waals surface area (Å²) in [6, 6.07) is 9.08. The minimum atomic E-state index is -0.129. The Labute approximate surface area is 197 Å². The van der Waals surface area contributed by atoms with Gasteiger partial charge in [-0.1, -0.05) is 23.4 Å². The van der Waals surface area contributed by atoms with E-state index in [1.807, 2.05) is 30.7 Å². The highest BCUT2D eigenvalue weighted by Crippen LogP contribution is 2.30. The van der Waals surface area contributed by atoms with Crippen molar-refractivity contribution in [3.63, 3.8) is 0 Å². The molecule has 0 fully saturated rings. The van der Waals surface area contributed by atoms with Crippen molar-refractivity contribution < 1.29 is 4.79 Å². The van der Waals surface area contributed by atoms with E-state index in [2.05, 4.69) is 0 Å². The van der Waals surface area contributed by atoms with E-state index >= 15 is 0 Å². The number of rotatable bonds is 6. The van der Waals surface area contributed by atoms with Crippen molar-refractivity contribution in [2.75, 3.05) is 12.8 Å².